The summed E-state index contributed by atoms with van der Waals surface area (Å²) in [7, 11) is 0. The molecule has 6 nitrogen and oxygen atoms in total. The number of rotatable bonds is 2. The van der Waals surface area contributed by atoms with Gasteiger partial charge in [-0.1, -0.05) is 22.6 Å². The van der Waals surface area contributed by atoms with Crippen LogP contribution in [0, 0.1) is 0 Å². The smallest absolute Gasteiger partial charge is 0.217 e. The summed E-state index contributed by atoms with van der Waals surface area (Å²) in [5.74, 6) is -0.401. The first kappa shape index (κ1) is 13.1. The lowest BCUT2D eigenvalue weighted by molar-refractivity contribution is -0.240. The van der Waals surface area contributed by atoms with E-state index >= 15 is 0 Å². The molecule has 0 aromatic carbocycles. The molecule has 0 aromatic rings. The van der Waals surface area contributed by atoms with Crippen LogP contribution in [0.15, 0.2) is 0 Å². The van der Waals surface area contributed by atoms with Crippen LogP contribution < -0.4 is 5.32 Å². The molecule has 0 spiro atoms. The molecular formula is C8H14INO5. The van der Waals surface area contributed by atoms with Crippen LogP contribution >= 0.6 is 22.6 Å². The third-order valence-corrected chi connectivity index (χ3v) is 3.11. The maximum absolute atomic E-state index is 10.8. The summed E-state index contributed by atoms with van der Waals surface area (Å²) in [6.45, 7) is 1.26. The fourth-order valence-electron chi connectivity index (χ4n) is 1.46. The van der Waals surface area contributed by atoms with E-state index in [1.807, 2.05) is 22.6 Å². The van der Waals surface area contributed by atoms with E-state index in [0.29, 0.717) is 4.43 Å². The van der Waals surface area contributed by atoms with Gasteiger partial charge >= 0.3 is 0 Å². The first-order chi connectivity index (χ1) is 6.97. The number of carbonyl (C=O) groups is 1. The number of amides is 1. The second kappa shape index (κ2) is 5.39. The van der Waals surface area contributed by atoms with Crippen LogP contribution in [0.5, 0.6) is 0 Å². The normalized spacial score (nSPS) is 41.3. The zero-order valence-electron chi connectivity index (χ0n) is 8.13. The van der Waals surface area contributed by atoms with E-state index < -0.39 is 36.6 Å². The average Bonchev–Trinajstić information content (AvgIpc) is 2.18. The van der Waals surface area contributed by atoms with Crippen LogP contribution in [-0.4, -0.2) is 56.3 Å². The molecule has 0 unspecified atom stereocenters. The summed E-state index contributed by atoms with van der Waals surface area (Å²) in [5.41, 5.74) is 0. The van der Waals surface area contributed by atoms with Crippen molar-refractivity contribution in [3.63, 3.8) is 0 Å². The predicted octanol–water partition coefficient (Wildman–Crippen LogP) is -1.63. The molecule has 1 amide bonds. The van der Waals surface area contributed by atoms with Gasteiger partial charge in [0, 0.05) is 11.4 Å². The van der Waals surface area contributed by atoms with Crippen molar-refractivity contribution in [2.75, 3.05) is 4.43 Å². The summed E-state index contributed by atoms with van der Waals surface area (Å²) in [6.07, 6.45) is -4.26. The lowest BCUT2D eigenvalue weighted by atomic mass is 9.98. The average molecular weight is 331 g/mol. The zero-order chi connectivity index (χ0) is 11.6. The number of hydrogen-bond donors (Lipinski definition) is 4. The van der Waals surface area contributed by atoms with E-state index in [-0.39, 0.29) is 0 Å². The summed E-state index contributed by atoms with van der Waals surface area (Å²) in [4.78, 5) is 10.8. The van der Waals surface area contributed by atoms with Crippen molar-refractivity contribution >= 4 is 28.5 Å². The Morgan fingerprint density at radius 1 is 1.40 bits per heavy atom. The van der Waals surface area contributed by atoms with Crippen LogP contribution in [-0.2, 0) is 9.53 Å². The molecule has 0 aromatic heterocycles. The number of nitrogens with one attached hydrogen (secondary N) is 1. The predicted molar refractivity (Wildman–Crippen MR) is 59.4 cm³/mol. The lowest BCUT2D eigenvalue weighted by Gasteiger charge is -2.40. The van der Waals surface area contributed by atoms with Crippen molar-refractivity contribution in [1.29, 1.82) is 0 Å². The fraction of sp³-hybridized carbons (Fsp3) is 0.875. The van der Waals surface area contributed by atoms with E-state index in [4.69, 9.17) is 4.74 Å². The van der Waals surface area contributed by atoms with Crippen LogP contribution in [0.3, 0.4) is 0 Å². The van der Waals surface area contributed by atoms with Gasteiger partial charge in [-0.15, -0.1) is 0 Å². The maximum atomic E-state index is 10.8. The van der Waals surface area contributed by atoms with Crippen LogP contribution in [0.4, 0.5) is 0 Å². The van der Waals surface area contributed by atoms with Crippen molar-refractivity contribution in [3.8, 4) is 0 Å². The molecule has 1 rings (SSSR count). The Hall–Kier alpha value is 0.0400. The monoisotopic (exact) mass is 331 g/mol. The van der Waals surface area contributed by atoms with Crippen molar-refractivity contribution in [1.82, 2.24) is 5.32 Å². The number of halogens is 1. The number of aliphatic hydroxyl groups is 3. The summed E-state index contributed by atoms with van der Waals surface area (Å²) in [6, 6.07) is -0.989. The first-order valence-corrected chi connectivity index (χ1v) is 6.02. The standard InChI is InChI=1S/C8H14INO5/c1-3(11)10-5-7(13)6(12)4(2-9)15-8(5)14/h4-8,12-14H,2H2,1H3,(H,10,11)/t4-,5-,6-,7-,8+/m1/s1. The molecule has 1 saturated heterocycles. The molecule has 0 aliphatic carbocycles. The Bertz CT molecular complexity index is 239. The van der Waals surface area contributed by atoms with Gasteiger partial charge in [0.1, 0.15) is 18.2 Å². The zero-order valence-corrected chi connectivity index (χ0v) is 10.3. The SMILES string of the molecule is CC(=O)N[C@@H]1[C@@H](O)[C@H](O)[C@@H](CI)O[C@@H]1O. The maximum Gasteiger partial charge on any atom is 0.217 e. The molecule has 0 bridgehead atoms. The van der Waals surface area contributed by atoms with E-state index in [0.717, 1.165) is 0 Å². The van der Waals surface area contributed by atoms with Gasteiger partial charge in [0.25, 0.3) is 0 Å². The fourth-order valence-corrected chi connectivity index (χ4v) is 2.19. The van der Waals surface area contributed by atoms with Crippen molar-refractivity contribution in [2.45, 2.75) is 37.6 Å². The van der Waals surface area contributed by atoms with Crippen molar-refractivity contribution in [3.05, 3.63) is 0 Å². The highest BCUT2D eigenvalue weighted by Gasteiger charge is 2.43. The molecule has 4 N–H and O–H groups in total. The van der Waals surface area contributed by atoms with Gasteiger partial charge in [-0.25, -0.2) is 0 Å². The van der Waals surface area contributed by atoms with Crippen LogP contribution in [0.1, 0.15) is 6.92 Å². The molecule has 5 atom stereocenters. The van der Waals surface area contributed by atoms with Crippen LogP contribution in [0.2, 0.25) is 0 Å². The van der Waals surface area contributed by atoms with Gasteiger partial charge in [0.05, 0.1) is 6.10 Å². The molecule has 7 heteroatoms. The number of alkyl halides is 1. The van der Waals surface area contributed by atoms with Crippen molar-refractivity contribution < 1.29 is 24.9 Å². The minimum atomic E-state index is -1.30. The molecule has 1 aliphatic heterocycles. The number of aliphatic hydroxyl groups excluding tert-OH is 3. The number of hydrogen-bond acceptors (Lipinski definition) is 5. The van der Waals surface area contributed by atoms with E-state index in [2.05, 4.69) is 5.32 Å². The Labute approximate surface area is 101 Å². The number of ether oxygens (including phenoxy) is 1. The molecule has 1 heterocycles. The quantitative estimate of drug-likeness (QED) is 0.360. The molecular weight excluding hydrogens is 317 g/mol. The molecule has 0 saturated carbocycles. The molecule has 88 valence electrons. The largest absolute Gasteiger partial charge is 0.388 e. The molecule has 1 aliphatic rings. The van der Waals surface area contributed by atoms with E-state index in [9.17, 15) is 20.1 Å². The van der Waals surface area contributed by atoms with Crippen LogP contribution in [0.25, 0.3) is 0 Å². The Morgan fingerprint density at radius 2 is 2.00 bits per heavy atom. The highest BCUT2D eigenvalue weighted by molar-refractivity contribution is 14.1. The van der Waals surface area contributed by atoms with Gasteiger partial charge in [0.15, 0.2) is 6.29 Å². The topological polar surface area (TPSA) is 99.0 Å². The van der Waals surface area contributed by atoms with Gasteiger partial charge in [-0.05, 0) is 0 Å². The van der Waals surface area contributed by atoms with Gasteiger partial charge in [0.2, 0.25) is 5.91 Å². The third kappa shape index (κ3) is 3.00. The Morgan fingerprint density at radius 3 is 2.47 bits per heavy atom. The van der Waals surface area contributed by atoms with Gasteiger partial charge in [-0.2, -0.15) is 0 Å². The number of carbonyl (C=O) groups excluding carboxylic acids is 1. The second-order valence-electron chi connectivity index (χ2n) is 3.43. The molecule has 1 fully saturated rings. The summed E-state index contributed by atoms with van der Waals surface area (Å²) in [5, 5.41) is 31.1. The highest BCUT2D eigenvalue weighted by atomic mass is 127. The minimum Gasteiger partial charge on any atom is -0.388 e. The Balaban J connectivity index is 2.70. The lowest BCUT2D eigenvalue weighted by Crippen LogP contribution is -2.63. The summed E-state index contributed by atoms with van der Waals surface area (Å²) >= 11 is 1.98. The van der Waals surface area contributed by atoms with E-state index in [1.165, 1.54) is 6.92 Å². The molecule has 0 radical (unpaired) electrons. The third-order valence-electron chi connectivity index (χ3n) is 2.24. The van der Waals surface area contributed by atoms with E-state index in [1.54, 1.807) is 0 Å². The minimum absolute atomic E-state index is 0.401. The van der Waals surface area contributed by atoms with Gasteiger partial charge in [-0.3, -0.25) is 4.79 Å². The Kier molecular flexibility index (Phi) is 4.71. The first-order valence-electron chi connectivity index (χ1n) is 4.50. The van der Waals surface area contributed by atoms with Crippen molar-refractivity contribution in [2.24, 2.45) is 0 Å². The summed E-state index contributed by atoms with van der Waals surface area (Å²) < 4.78 is 5.50. The van der Waals surface area contributed by atoms with Gasteiger partial charge < -0.3 is 25.4 Å². The second-order valence-corrected chi connectivity index (χ2v) is 4.31. The highest BCUT2D eigenvalue weighted by Crippen LogP contribution is 2.21. The molecule has 15 heavy (non-hydrogen) atoms.